The molecule has 1 N–H and O–H groups in total. The van der Waals surface area contributed by atoms with Crippen molar-refractivity contribution in [3.05, 3.63) is 34.4 Å². The van der Waals surface area contributed by atoms with Crippen molar-refractivity contribution in [2.75, 3.05) is 19.7 Å². The quantitative estimate of drug-likeness (QED) is 0.675. The number of nitro benzene ring substituents is 1. The first-order valence-corrected chi connectivity index (χ1v) is 5.83. The number of nitrogens with one attached hydrogen (secondary N) is 1. The van der Waals surface area contributed by atoms with E-state index in [-0.39, 0.29) is 18.1 Å². The van der Waals surface area contributed by atoms with Crippen molar-refractivity contribution in [3.63, 3.8) is 0 Å². The van der Waals surface area contributed by atoms with Gasteiger partial charge >= 0.3 is 0 Å². The lowest BCUT2D eigenvalue weighted by Crippen LogP contribution is -2.30. The molecule has 1 aliphatic rings. The van der Waals surface area contributed by atoms with Crippen LogP contribution in [0.5, 0.6) is 5.75 Å². The highest BCUT2D eigenvalue weighted by Gasteiger charge is 2.13. The fraction of sp³-hybridized carbons (Fsp3) is 0.500. The van der Waals surface area contributed by atoms with Crippen LogP contribution in [0.2, 0.25) is 0 Å². The molecular formula is C12H17ClN2O3. The molecule has 0 amide bonds. The summed E-state index contributed by atoms with van der Waals surface area (Å²) in [6.07, 6.45) is 2.26. The van der Waals surface area contributed by atoms with E-state index in [2.05, 4.69) is 5.32 Å². The Morgan fingerprint density at radius 1 is 1.28 bits per heavy atom. The molecule has 1 aromatic rings. The highest BCUT2D eigenvalue weighted by Crippen LogP contribution is 2.19. The molecule has 5 nitrogen and oxygen atoms in total. The van der Waals surface area contributed by atoms with Crippen molar-refractivity contribution in [1.29, 1.82) is 0 Å². The Morgan fingerprint density at radius 2 is 1.89 bits per heavy atom. The molecule has 0 aliphatic carbocycles. The zero-order valence-electron chi connectivity index (χ0n) is 10.0. The van der Waals surface area contributed by atoms with Crippen LogP contribution in [-0.2, 0) is 0 Å². The Morgan fingerprint density at radius 3 is 2.44 bits per heavy atom. The Hall–Kier alpha value is -1.33. The van der Waals surface area contributed by atoms with Gasteiger partial charge in [0, 0.05) is 12.1 Å². The Kier molecular flexibility index (Phi) is 5.88. The monoisotopic (exact) mass is 272 g/mol. The van der Waals surface area contributed by atoms with Crippen LogP contribution in [0.15, 0.2) is 24.3 Å². The van der Waals surface area contributed by atoms with Crippen LogP contribution in [0.3, 0.4) is 0 Å². The minimum Gasteiger partial charge on any atom is -0.493 e. The second kappa shape index (κ2) is 7.18. The van der Waals surface area contributed by atoms with Gasteiger partial charge in [0.1, 0.15) is 5.75 Å². The number of nitrogens with zero attached hydrogens (tertiary/aromatic N) is 1. The van der Waals surface area contributed by atoms with Gasteiger partial charge in [0.2, 0.25) is 0 Å². The van der Waals surface area contributed by atoms with Crippen LogP contribution in [0.4, 0.5) is 5.69 Å². The maximum Gasteiger partial charge on any atom is 0.269 e. The molecule has 1 heterocycles. The van der Waals surface area contributed by atoms with Crippen molar-refractivity contribution >= 4 is 18.1 Å². The van der Waals surface area contributed by atoms with Crippen LogP contribution in [0, 0.1) is 16.0 Å². The molecule has 0 saturated carbocycles. The first-order valence-electron chi connectivity index (χ1n) is 5.83. The molecule has 0 unspecified atom stereocenters. The minimum absolute atomic E-state index is 0. The van der Waals surface area contributed by atoms with Crippen LogP contribution in [0.25, 0.3) is 0 Å². The van der Waals surface area contributed by atoms with E-state index in [4.69, 9.17) is 4.74 Å². The van der Waals surface area contributed by atoms with E-state index in [1.807, 2.05) is 0 Å². The maximum absolute atomic E-state index is 10.5. The fourth-order valence-electron chi connectivity index (χ4n) is 1.93. The summed E-state index contributed by atoms with van der Waals surface area (Å²) in [6.45, 7) is 2.79. The largest absolute Gasteiger partial charge is 0.493 e. The molecule has 1 saturated heterocycles. The van der Waals surface area contributed by atoms with Gasteiger partial charge in [-0.3, -0.25) is 10.1 Å². The molecule has 18 heavy (non-hydrogen) atoms. The summed E-state index contributed by atoms with van der Waals surface area (Å²) in [5.41, 5.74) is 0.0965. The van der Waals surface area contributed by atoms with E-state index in [9.17, 15) is 10.1 Å². The van der Waals surface area contributed by atoms with Crippen molar-refractivity contribution in [2.45, 2.75) is 12.8 Å². The van der Waals surface area contributed by atoms with Crippen molar-refractivity contribution in [3.8, 4) is 5.75 Å². The normalized spacial score (nSPS) is 15.8. The molecule has 100 valence electrons. The number of ether oxygens (including phenoxy) is 1. The summed E-state index contributed by atoms with van der Waals surface area (Å²) in [5.74, 6) is 1.29. The van der Waals surface area contributed by atoms with Crippen LogP contribution in [-0.4, -0.2) is 24.6 Å². The third-order valence-electron chi connectivity index (χ3n) is 2.99. The standard InChI is InChI=1S/C12H16N2O3.ClH/c15-14(16)11-1-3-12(4-2-11)17-9-10-5-7-13-8-6-10;/h1-4,10,13H,5-9H2;1H. The number of hydrogen-bond acceptors (Lipinski definition) is 4. The lowest BCUT2D eigenvalue weighted by atomic mass is 9.99. The van der Waals surface area contributed by atoms with Gasteiger partial charge in [-0.25, -0.2) is 0 Å². The smallest absolute Gasteiger partial charge is 0.269 e. The Bertz CT molecular complexity index is 377. The summed E-state index contributed by atoms with van der Waals surface area (Å²) < 4.78 is 5.63. The zero-order valence-corrected chi connectivity index (χ0v) is 10.8. The van der Waals surface area contributed by atoms with Gasteiger partial charge in [-0.15, -0.1) is 12.4 Å². The first kappa shape index (κ1) is 14.7. The summed E-state index contributed by atoms with van der Waals surface area (Å²) in [5, 5.41) is 13.8. The van der Waals surface area contributed by atoms with Crippen molar-refractivity contribution < 1.29 is 9.66 Å². The second-order valence-corrected chi connectivity index (χ2v) is 4.26. The number of nitro groups is 1. The molecule has 0 radical (unpaired) electrons. The highest BCUT2D eigenvalue weighted by molar-refractivity contribution is 5.85. The van der Waals surface area contributed by atoms with Gasteiger partial charge in [0.05, 0.1) is 11.5 Å². The predicted molar refractivity (Wildman–Crippen MR) is 71.4 cm³/mol. The summed E-state index contributed by atoms with van der Waals surface area (Å²) in [7, 11) is 0. The van der Waals surface area contributed by atoms with E-state index in [1.165, 1.54) is 12.1 Å². The van der Waals surface area contributed by atoms with Gasteiger partial charge in [0.25, 0.3) is 5.69 Å². The molecule has 0 aromatic heterocycles. The molecule has 1 fully saturated rings. The number of non-ortho nitro benzene ring substituents is 1. The average Bonchev–Trinajstić information content (AvgIpc) is 2.38. The molecular weight excluding hydrogens is 256 g/mol. The maximum atomic E-state index is 10.5. The Labute approximate surface area is 112 Å². The summed E-state index contributed by atoms with van der Waals surface area (Å²) in [6, 6.07) is 6.24. The lowest BCUT2D eigenvalue weighted by molar-refractivity contribution is -0.384. The van der Waals surface area contributed by atoms with Gasteiger partial charge in [0.15, 0.2) is 0 Å². The molecule has 0 bridgehead atoms. The van der Waals surface area contributed by atoms with E-state index in [0.717, 1.165) is 25.9 Å². The van der Waals surface area contributed by atoms with E-state index in [1.54, 1.807) is 12.1 Å². The molecule has 1 aliphatic heterocycles. The van der Waals surface area contributed by atoms with Crippen LogP contribution in [0.1, 0.15) is 12.8 Å². The first-order chi connectivity index (χ1) is 8.25. The molecule has 2 rings (SSSR count). The van der Waals surface area contributed by atoms with Gasteiger partial charge in [-0.1, -0.05) is 0 Å². The fourth-order valence-corrected chi connectivity index (χ4v) is 1.93. The summed E-state index contributed by atoms with van der Waals surface area (Å²) in [4.78, 5) is 10.1. The number of rotatable bonds is 4. The number of hydrogen-bond donors (Lipinski definition) is 1. The lowest BCUT2D eigenvalue weighted by Gasteiger charge is -2.22. The predicted octanol–water partition coefficient (Wildman–Crippen LogP) is 2.40. The average molecular weight is 273 g/mol. The van der Waals surface area contributed by atoms with E-state index < -0.39 is 4.92 Å². The highest BCUT2D eigenvalue weighted by atomic mass is 35.5. The van der Waals surface area contributed by atoms with Gasteiger partial charge in [-0.2, -0.15) is 0 Å². The third-order valence-corrected chi connectivity index (χ3v) is 2.99. The van der Waals surface area contributed by atoms with Crippen LogP contribution < -0.4 is 10.1 Å². The molecule has 1 aromatic carbocycles. The Balaban J connectivity index is 0.00000162. The number of halogens is 1. The molecule has 0 atom stereocenters. The third kappa shape index (κ3) is 4.16. The SMILES string of the molecule is Cl.O=[N+]([O-])c1ccc(OCC2CCNCC2)cc1. The number of benzene rings is 1. The number of piperidine rings is 1. The zero-order chi connectivity index (χ0) is 12.1. The molecule has 6 heteroatoms. The summed E-state index contributed by atoms with van der Waals surface area (Å²) >= 11 is 0. The topological polar surface area (TPSA) is 64.4 Å². The molecule has 0 spiro atoms. The second-order valence-electron chi connectivity index (χ2n) is 4.26. The van der Waals surface area contributed by atoms with E-state index in [0.29, 0.717) is 18.3 Å². The van der Waals surface area contributed by atoms with Crippen molar-refractivity contribution in [2.24, 2.45) is 5.92 Å². The van der Waals surface area contributed by atoms with Crippen LogP contribution >= 0.6 is 12.4 Å². The van der Waals surface area contributed by atoms with Gasteiger partial charge < -0.3 is 10.1 Å². The minimum atomic E-state index is -0.406. The van der Waals surface area contributed by atoms with E-state index >= 15 is 0 Å². The van der Waals surface area contributed by atoms with Crippen molar-refractivity contribution in [1.82, 2.24) is 5.32 Å². The van der Waals surface area contributed by atoms with Gasteiger partial charge in [-0.05, 0) is 44.0 Å².